The number of hydrogen-bond donors (Lipinski definition) is 1. The normalized spacial score (nSPS) is 30.0. The van der Waals surface area contributed by atoms with E-state index in [9.17, 15) is 0 Å². The zero-order valence-electron chi connectivity index (χ0n) is 11.7. The second-order valence-electron chi connectivity index (χ2n) is 5.91. The lowest BCUT2D eigenvalue weighted by molar-refractivity contribution is -0.122. The summed E-state index contributed by atoms with van der Waals surface area (Å²) in [6.07, 6.45) is 4.83. The number of likely N-dealkylation sites (tertiary alicyclic amines) is 1. The minimum absolute atomic E-state index is 0.191. The highest BCUT2D eigenvalue weighted by atomic mass is 16.5. The minimum Gasteiger partial charge on any atom is -0.375 e. The van der Waals surface area contributed by atoms with E-state index in [0.29, 0.717) is 12.1 Å². The standard InChI is InChI=1S/C14H28N2O/c1-4-15-13-5-10-17-14(11-13)6-8-16(9-7-14)12(2)3/h12-13,15H,4-11H2,1-3H3. The molecule has 1 N–H and O–H groups in total. The van der Waals surface area contributed by atoms with Crippen LogP contribution < -0.4 is 5.32 Å². The number of nitrogens with one attached hydrogen (secondary N) is 1. The molecule has 2 rings (SSSR count). The predicted molar refractivity (Wildman–Crippen MR) is 71.3 cm³/mol. The molecule has 3 heteroatoms. The van der Waals surface area contributed by atoms with Crippen LogP contribution >= 0.6 is 0 Å². The molecule has 3 nitrogen and oxygen atoms in total. The molecule has 1 atom stereocenters. The van der Waals surface area contributed by atoms with E-state index in [2.05, 4.69) is 31.0 Å². The van der Waals surface area contributed by atoms with Gasteiger partial charge in [0.25, 0.3) is 0 Å². The number of rotatable bonds is 3. The fraction of sp³-hybridized carbons (Fsp3) is 1.00. The summed E-state index contributed by atoms with van der Waals surface area (Å²) in [5.74, 6) is 0. The second-order valence-corrected chi connectivity index (χ2v) is 5.91. The van der Waals surface area contributed by atoms with Crippen LogP contribution in [0.1, 0.15) is 46.5 Å². The summed E-state index contributed by atoms with van der Waals surface area (Å²) in [5.41, 5.74) is 0.191. The molecule has 2 saturated heterocycles. The summed E-state index contributed by atoms with van der Waals surface area (Å²) in [7, 11) is 0. The van der Waals surface area contributed by atoms with Crippen molar-refractivity contribution in [2.75, 3.05) is 26.2 Å². The molecule has 1 spiro atoms. The van der Waals surface area contributed by atoms with Crippen molar-refractivity contribution in [2.45, 2.75) is 64.1 Å². The van der Waals surface area contributed by atoms with Crippen LogP contribution in [0.25, 0.3) is 0 Å². The molecule has 2 aliphatic heterocycles. The largest absolute Gasteiger partial charge is 0.375 e. The van der Waals surface area contributed by atoms with Crippen molar-refractivity contribution in [3.8, 4) is 0 Å². The van der Waals surface area contributed by atoms with E-state index in [1.165, 1.54) is 38.8 Å². The molecule has 2 heterocycles. The van der Waals surface area contributed by atoms with E-state index in [0.717, 1.165) is 13.2 Å². The monoisotopic (exact) mass is 240 g/mol. The van der Waals surface area contributed by atoms with Crippen molar-refractivity contribution < 1.29 is 4.74 Å². The number of ether oxygens (including phenoxy) is 1. The molecule has 17 heavy (non-hydrogen) atoms. The van der Waals surface area contributed by atoms with Gasteiger partial charge in [-0.25, -0.2) is 0 Å². The third kappa shape index (κ3) is 3.21. The predicted octanol–water partition coefficient (Wildman–Crippen LogP) is 2.02. The van der Waals surface area contributed by atoms with E-state index in [1.54, 1.807) is 0 Å². The van der Waals surface area contributed by atoms with Crippen LogP contribution in [0.2, 0.25) is 0 Å². The van der Waals surface area contributed by atoms with Crippen molar-refractivity contribution in [2.24, 2.45) is 0 Å². The van der Waals surface area contributed by atoms with Gasteiger partial charge >= 0.3 is 0 Å². The number of nitrogens with zero attached hydrogens (tertiary/aromatic N) is 1. The quantitative estimate of drug-likeness (QED) is 0.817. The molecule has 0 aliphatic carbocycles. The first kappa shape index (κ1) is 13.3. The highest BCUT2D eigenvalue weighted by molar-refractivity contribution is 4.94. The first-order chi connectivity index (χ1) is 8.15. The van der Waals surface area contributed by atoms with Crippen molar-refractivity contribution in [3.05, 3.63) is 0 Å². The summed E-state index contributed by atoms with van der Waals surface area (Å²) in [4.78, 5) is 2.57. The molecule has 0 aromatic carbocycles. The topological polar surface area (TPSA) is 24.5 Å². The molecule has 0 radical (unpaired) electrons. The van der Waals surface area contributed by atoms with Crippen molar-refractivity contribution >= 4 is 0 Å². The molecule has 2 aliphatic rings. The Balaban J connectivity index is 1.88. The minimum atomic E-state index is 0.191. The van der Waals surface area contributed by atoms with E-state index >= 15 is 0 Å². The zero-order valence-corrected chi connectivity index (χ0v) is 11.7. The fourth-order valence-electron chi connectivity index (χ4n) is 3.29. The fourth-order valence-corrected chi connectivity index (χ4v) is 3.29. The lowest BCUT2D eigenvalue weighted by Crippen LogP contribution is -2.53. The van der Waals surface area contributed by atoms with Crippen molar-refractivity contribution in [1.82, 2.24) is 10.2 Å². The Hall–Kier alpha value is -0.120. The Bertz CT molecular complexity index is 232. The molecule has 0 amide bonds. The van der Waals surface area contributed by atoms with Gasteiger partial charge in [-0.15, -0.1) is 0 Å². The average Bonchev–Trinajstić information content (AvgIpc) is 2.30. The Morgan fingerprint density at radius 3 is 2.65 bits per heavy atom. The highest BCUT2D eigenvalue weighted by Gasteiger charge is 2.40. The van der Waals surface area contributed by atoms with Crippen LogP contribution in [0.15, 0.2) is 0 Å². The molecule has 0 aromatic rings. The molecule has 100 valence electrons. The van der Waals surface area contributed by atoms with Gasteiger partial charge in [0.15, 0.2) is 0 Å². The van der Waals surface area contributed by atoms with Gasteiger partial charge in [0.1, 0.15) is 0 Å². The molecular weight excluding hydrogens is 212 g/mol. The van der Waals surface area contributed by atoms with Gasteiger partial charge < -0.3 is 15.0 Å². The second kappa shape index (κ2) is 5.68. The maximum atomic E-state index is 6.14. The summed E-state index contributed by atoms with van der Waals surface area (Å²) < 4.78 is 6.14. The van der Waals surface area contributed by atoms with Gasteiger partial charge in [-0.1, -0.05) is 6.92 Å². The van der Waals surface area contributed by atoms with E-state index in [1.807, 2.05) is 0 Å². The van der Waals surface area contributed by atoms with Crippen LogP contribution in [0.4, 0.5) is 0 Å². The number of hydrogen-bond acceptors (Lipinski definition) is 3. The van der Waals surface area contributed by atoms with Crippen LogP contribution in [-0.4, -0.2) is 48.8 Å². The van der Waals surface area contributed by atoms with E-state index in [-0.39, 0.29) is 5.60 Å². The van der Waals surface area contributed by atoms with Crippen LogP contribution in [0.5, 0.6) is 0 Å². The first-order valence-electron chi connectivity index (χ1n) is 7.26. The Morgan fingerprint density at radius 1 is 1.35 bits per heavy atom. The molecule has 0 aromatic heterocycles. The molecule has 1 unspecified atom stereocenters. The van der Waals surface area contributed by atoms with E-state index < -0.39 is 0 Å². The van der Waals surface area contributed by atoms with Crippen LogP contribution in [-0.2, 0) is 4.74 Å². The van der Waals surface area contributed by atoms with E-state index in [4.69, 9.17) is 4.74 Å². The lowest BCUT2D eigenvalue weighted by atomic mass is 9.82. The molecule has 0 bridgehead atoms. The van der Waals surface area contributed by atoms with Gasteiger partial charge in [0, 0.05) is 31.8 Å². The average molecular weight is 240 g/mol. The van der Waals surface area contributed by atoms with Gasteiger partial charge in [0.05, 0.1) is 5.60 Å². The summed E-state index contributed by atoms with van der Waals surface area (Å²) in [6.45, 7) is 11.2. The SMILES string of the molecule is CCNC1CCOC2(CCN(C(C)C)CC2)C1. The Labute approximate surface area is 106 Å². The smallest absolute Gasteiger partial charge is 0.0721 e. The third-order valence-electron chi connectivity index (χ3n) is 4.43. The van der Waals surface area contributed by atoms with Gasteiger partial charge in [-0.2, -0.15) is 0 Å². The maximum absolute atomic E-state index is 6.14. The number of piperidine rings is 1. The van der Waals surface area contributed by atoms with Crippen molar-refractivity contribution in [1.29, 1.82) is 0 Å². The summed E-state index contributed by atoms with van der Waals surface area (Å²) in [6, 6.07) is 1.36. The van der Waals surface area contributed by atoms with Gasteiger partial charge in [-0.05, 0) is 46.1 Å². The molecule has 2 fully saturated rings. The van der Waals surface area contributed by atoms with Gasteiger partial charge in [0.2, 0.25) is 0 Å². The zero-order chi connectivity index (χ0) is 12.3. The Kier molecular flexibility index (Phi) is 4.45. The molecular formula is C14H28N2O. The molecule has 0 saturated carbocycles. The third-order valence-corrected chi connectivity index (χ3v) is 4.43. The van der Waals surface area contributed by atoms with Crippen LogP contribution in [0.3, 0.4) is 0 Å². The van der Waals surface area contributed by atoms with Crippen LogP contribution in [0, 0.1) is 0 Å². The summed E-state index contributed by atoms with van der Waals surface area (Å²) in [5, 5.41) is 3.60. The summed E-state index contributed by atoms with van der Waals surface area (Å²) >= 11 is 0. The highest BCUT2D eigenvalue weighted by Crippen LogP contribution is 2.35. The first-order valence-corrected chi connectivity index (χ1v) is 7.26. The van der Waals surface area contributed by atoms with Gasteiger partial charge in [-0.3, -0.25) is 0 Å². The Morgan fingerprint density at radius 2 is 2.06 bits per heavy atom. The van der Waals surface area contributed by atoms with Crippen molar-refractivity contribution in [3.63, 3.8) is 0 Å². The maximum Gasteiger partial charge on any atom is 0.0721 e. The lowest BCUT2D eigenvalue weighted by Gasteiger charge is -2.47.